The van der Waals surface area contributed by atoms with Gasteiger partial charge >= 0.3 is 6.03 Å². The minimum absolute atomic E-state index is 0.0301. The molecule has 166 valence electrons. The number of urea groups is 1. The van der Waals surface area contributed by atoms with Crippen molar-refractivity contribution in [1.82, 2.24) is 10.2 Å². The number of hydrogen-bond donors (Lipinski definition) is 2. The summed E-state index contributed by atoms with van der Waals surface area (Å²) < 4.78 is 5.63. The number of benzene rings is 1. The topological polar surface area (TPSA) is 78.9 Å². The monoisotopic (exact) mass is 416 g/mol. The predicted octanol–water partition coefficient (Wildman–Crippen LogP) is 3.91. The Bertz CT molecular complexity index is 751. The van der Waals surface area contributed by atoms with Crippen LogP contribution in [0.4, 0.5) is 4.79 Å². The number of carbonyl (C=O) groups excluding carboxylic acids is 2. The summed E-state index contributed by atoms with van der Waals surface area (Å²) >= 11 is 0. The van der Waals surface area contributed by atoms with Crippen molar-refractivity contribution < 1.29 is 19.4 Å². The van der Waals surface area contributed by atoms with Crippen LogP contribution in [0.25, 0.3) is 0 Å². The summed E-state index contributed by atoms with van der Waals surface area (Å²) in [5.74, 6) is 1.02. The molecule has 1 aromatic rings. The minimum atomic E-state index is -0.934. The average molecular weight is 417 g/mol. The van der Waals surface area contributed by atoms with Crippen molar-refractivity contribution in [1.29, 1.82) is 0 Å². The van der Waals surface area contributed by atoms with Gasteiger partial charge in [-0.15, -0.1) is 0 Å². The Kier molecular flexibility index (Phi) is 6.75. The van der Waals surface area contributed by atoms with Gasteiger partial charge in [-0.2, -0.15) is 0 Å². The maximum Gasteiger partial charge on any atom is 0.325 e. The number of aliphatic hydroxyl groups is 1. The summed E-state index contributed by atoms with van der Waals surface area (Å²) in [7, 11) is 0. The number of rotatable bonds is 8. The van der Waals surface area contributed by atoms with E-state index in [1.807, 2.05) is 24.3 Å². The van der Waals surface area contributed by atoms with E-state index < -0.39 is 17.7 Å². The van der Waals surface area contributed by atoms with Crippen LogP contribution >= 0.6 is 0 Å². The molecule has 1 aliphatic carbocycles. The zero-order valence-electron chi connectivity index (χ0n) is 18.7. The van der Waals surface area contributed by atoms with Crippen LogP contribution in [-0.2, 0) is 11.2 Å². The molecule has 6 nitrogen and oxygen atoms in total. The molecule has 1 aromatic carbocycles. The van der Waals surface area contributed by atoms with Gasteiger partial charge in [-0.25, -0.2) is 4.79 Å². The van der Waals surface area contributed by atoms with Crippen molar-refractivity contribution in [2.45, 2.75) is 77.9 Å². The van der Waals surface area contributed by atoms with Crippen LogP contribution in [0.5, 0.6) is 5.75 Å². The molecule has 2 aliphatic rings. The van der Waals surface area contributed by atoms with Gasteiger partial charge in [0.25, 0.3) is 5.91 Å². The van der Waals surface area contributed by atoms with Gasteiger partial charge in [0, 0.05) is 0 Å². The highest BCUT2D eigenvalue weighted by atomic mass is 16.5. The lowest BCUT2D eigenvalue weighted by Crippen LogP contribution is -2.51. The third-order valence-electron chi connectivity index (χ3n) is 7.27. The van der Waals surface area contributed by atoms with Crippen LogP contribution in [-0.4, -0.2) is 46.7 Å². The summed E-state index contributed by atoms with van der Waals surface area (Å²) in [6, 6.07) is 7.30. The number of imide groups is 1. The molecule has 6 heteroatoms. The standard InChI is InChI=1S/C24H36N2O4/c1-5-17-7-9-20(10-8-17)30-16-19(27)15-26-21(28)24(25-22(26)29)13-11-18(12-14-24)23(3,4)6-2/h7-10,18-19,27H,5-6,11-16H2,1-4H3,(H,25,29). The molecule has 1 heterocycles. The first kappa shape index (κ1) is 22.6. The molecular weight excluding hydrogens is 380 g/mol. The van der Waals surface area contributed by atoms with Crippen molar-refractivity contribution in [3.63, 3.8) is 0 Å². The van der Waals surface area contributed by atoms with E-state index in [1.165, 1.54) is 10.5 Å². The fraction of sp³-hybridized carbons (Fsp3) is 0.667. The van der Waals surface area contributed by atoms with Crippen LogP contribution < -0.4 is 10.1 Å². The molecule has 1 unspecified atom stereocenters. The lowest BCUT2D eigenvalue weighted by Gasteiger charge is -2.42. The highest BCUT2D eigenvalue weighted by Gasteiger charge is 2.53. The van der Waals surface area contributed by atoms with E-state index in [0.29, 0.717) is 24.5 Å². The third-order valence-corrected chi connectivity index (χ3v) is 7.27. The average Bonchev–Trinajstić information content (AvgIpc) is 2.97. The van der Waals surface area contributed by atoms with Crippen LogP contribution in [0.15, 0.2) is 24.3 Å². The molecule has 1 spiro atoms. The van der Waals surface area contributed by atoms with E-state index in [4.69, 9.17) is 4.74 Å². The number of aryl methyl sites for hydroxylation is 1. The van der Waals surface area contributed by atoms with Gasteiger partial charge < -0.3 is 15.2 Å². The Labute approximate surface area is 180 Å². The first-order valence-electron chi connectivity index (χ1n) is 11.2. The number of carbonyl (C=O) groups is 2. The SMILES string of the molecule is CCc1ccc(OCC(O)CN2C(=O)NC3(CCC(C(C)(C)CC)CC3)C2=O)cc1. The molecule has 2 fully saturated rings. The summed E-state index contributed by atoms with van der Waals surface area (Å²) in [5.41, 5.74) is 0.661. The van der Waals surface area contributed by atoms with Crippen molar-refractivity contribution >= 4 is 11.9 Å². The smallest absolute Gasteiger partial charge is 0.325 e. The van der Waals surface area contributed by atoms with Crippen molar-refractivity contribution in [3.8, 4) is 5.75 Å². The quantitative estimate of drug-likeness (QED) is 0.630. The molecule has 30 heavy (non-hydrogen) atoms. The van der Waals surface area contributed by atoms with Gasteiger partial charge in [0.1, 0.15) is 24.0 Å². The molecule has 0 aromatic heterocycles. The number of nitrogens with zero attached hydrogens (tertiary/aromatic N) is 1. The molecule has 1 saturated carbocycles. The third kappa shape index (κ3) is 4.64. The van der Waals surface area contributed by atoms with Gasteiger partial charge in [-0.1, -0.05) is 46.2 Å². The number of nitrogens with one attached hydrogen (secondary N) is 1. The highest BCUT2D eigenvalue weighted by Crippen LogP contribution is 2.45. The second-order valence-corrected chi connectivity index (χ2v) is 9.51. The molecule has 3 rings (SSSR count). The number of amides is 3. The van der Waals surface area contributed by atoms with Gasteiger partial charge in [0.15, 0.2) is 0 Å². The molecule has 3 amide bonds. The summed E-state index contributed by atoms with van der Waals surface area (Å²) in [4.78, 5) is 26.8. The van der Waals surface area contributed by atoms with Gasteiger partial charge in [0.2, 0.25) is 0 Å². The summed E-state index contributed by atoms with van der Waals surface area (Å²) in [6.07, 6.45) is 4.31. The van der Waals surface area contributed by atoms with E-state index in [-0.39, 0.29) is 24.5 Å². The van der Waals surface area contributed by atoms with Gasteiger partial charge in [0.05, 0.1) is 6.54 Å². The maximum atomic E-state index is 13.1. The van der Waals surface area contributed by atoms with E-state index in [9.17, 15) is 14.7 Å². The number of hydrogen-bond acceptors (Lipinski definition) is 4. The normalized spacial score (nSPS) is 25.5. The Morgan fingerprint density at radius 2 is 1.83 bits per heavy atom. The van der Waals surface area contributed by atoms with Crippen molar-refractivity contribution in [2.24, 2.45) is 11.3 Å². The van der Waals surface area contributed by atoms with Crippen LogP contribution in [0.1, 0.15) is 65.4 Å². The first-order chi connectivity index (χ1) is 14.2. The van der Waals surface area contributed by atoms with Crippen LogP contribution in [0.3, 0.4) is 0 Å². The molecule has 1 saturated heterocycles. The fourth-order valence-electron chi connectivity index (χ4n) is 4.64. The number of aliphatic hydroxyl groups excluding tert-OH is 1. The van der Waals surface area contributed by atoms with E-state index >= 15 is 0 Å². The van der Waals surface area contributed by atoms with E-state index in [2.05, 4.69) is 33.0 Å². The highest BCUT2D eigenvalue weighted by molar-refractivity contribution is 6.07. The maximum absolute atomic E-state index is 13.1. The Morgan fingerprint density at radius 3 is 2.40 bits per heavy atom. The second kappa shape index (κ2) is 8.96. The van der Waals surface area contributed by atoms with Gasteiger partial charge in [-0.3, -0.25) is 9.69 Å². The largest absolute Gasteiger partial charge is 0.491 e. The van der Waals surface area contributed by atoms with Crippen molar-refractivity contribution in [3.05, 3.63) is 29.8 Å². The predicted molar refractivity (Wildman–Crippen MR) is 116 cm³/mol. The molecule has 1 atom stereocenters. The molecule has 0 radical (unpaired) electrons. The molecule has 2 N–H and O–H groups in total. The zero-order valence-corrected chi connectivity index (χ0v) is 18.7. The van der Waals surface area contributed by atoms with Crippen LogP contribution in [0, 0.1) is 11.3 Å². The lowest BCUT2D eigenvalue weighted by molar-refractivity contribution is -0.134. The molecular formula is C24H36N2O4. The summed E-state index contributed by atoms with van der Waals surface area (Å²) in [5, 5.41) is 13.3. The summed E-state index contributed by atoms with van der Waals surface area (Å²) in [6.45, 7) is 8.83. The van der Waals surface area contributed by atoms with Gasteiger partial charge in [-0.05, 0) is 61.1 Å². The Hall–Kier alpha value is -2.08. The number of ether oxygens (including phenoxy) is 1. The second-order valence-electron chi connectivity index (χ2n) is 9.51. The van der Waals surface area contributed by atoms with Crippen molar-refractivity contribution in [2.75, 3.05) is 13.2 Å². The van der Waals surface area contributed by atoms with Crippen LogP contribution in [0.2, 0.25) is 0 Å². The van der Waals surface area contributed by atoms with E-state index in [0.717, 1.165) is 25.7 Å². The molecule has 1 aliphatic heterocycles. The lowest BCUT2D eigenvalue weighted by atomic mass is 9.65. The Balaban J connectivity index is 1.54. The fourth-order valence-corrected chi connectivity index (χ4v) is 4.64. The zero-order chi connectivity index (χ0) is 21.9. The minimum Gasteiger partial charge on any atom is -0.491 e. The molecule has 0 bridgehead atoms. The number of β-amino-alcohol motifs (C(OH)–C–C–N with tert-alkyl or cyclic N) is 1. The Morgan fingerprint density at radius 1 is 1.20 bits per heavy atom. The first-order valence-corrected chi connectivity index (χ1v) is 11.2. The van der Waals surface area contributed by atoms with E-state index in [1.54, 1.807) is 0 Å².